The number of furan rings is 1. The molecule has 0 spiro atoms. The van der Waals surface area contributed by atoms with Crippen LogP contribution < -0.4 is 15.2 Å². The van der Waals surface area contributed by atoms with Crippen LogP contribution in [0.15, 0.2) is 34.9 Å². The summed E-state index contributed by atoms with van der Waals surface area (Å²) in [5.41, 5.74) is 7.97. The van der Waals surface area contributed by atoms with Crippen LogP contribution in [0.4, 0.5) is 0 Å². The smallest absolute Gasteiger partial charge is 0.123 e. The quantitative estimate of drug-likeness (QED) is 0.880. The van der Waals surface area contributed by atoms with E-state index in [4.69, 9.17) is 19.6 Å². The Morgan fingerprint density at radius 1 is 1.15 bits per heavy atom. The summed E-state index contributed by atoms with van der Waals surface area (Å²) in [6, 6.07) is 7.90. The first kappa shape index (κ1) is 14.5. The van der Waals surface area contributed by atoms with Gasteiger partial charge in [0.05, 0.1) is 20.5 Å². The molecule has 1 aromatic heterocycles. The van der Waals surface area contributed by atoms with Crippen LogP contribution in [0.3, 0.4) is 0 Å². The topological polar surface area (TPSA) is 57.6 Å². The van der Waals surface area contributed by atoms with E-state index >= 15 is 0 Å². The van der Waals surface area contributed by atoms with Gasteiger partial charge in [-0.3, -0.25) is 0 Å². The lowest BCUT2D eigenvalue weighted by molar-refractivity contribution is 0.393. The first-order valence-corrected chi connectivity index (χ1v) is 6.65. The second-order valence-electron chi connectivity index (χ2n) is 4.91. The molecule has 2 aromatic rings. The fraction of sp³-hybridized carbons (Fsp3) is 0.375. The summed E-state index contributed by atoms with van der Waals surface area (Å²) < 4.78 is 16.3. The molecule has 1 heterocycles. The molecule has 4 heteroatoms. The van der Waals surface area contributed by atoms with Crippen molar-refractivity contribution in [2.45, 2.75) is 25.8 Å². The lowest BCUT2D eigenvalue weighted by atomic mass is 10.0. The normalized spacial score (nSPS) is 12.2. The van der Waals surface area contributed by atoms with Crippen LogP contribution in [0.1, 0.15) is 23.8 Å². The van der Waals surface area contributed by atoms with Crippen LogP contribution in [-0.2, 0) is 12.8 Å². The first-order chi connectivity index (χ1) is 9.63. The lowest BCUT2D eigenvalue weighted by Gasteiger charge is -2.15. The van der Waals surface area contributed by atoms with Gasteiger partial charge in [0.1, 0.15) is 17.3 Å². The predicted octanol–water partition coefficient (Wildman–Crippen LogP) is 2.78. The molecular formula is C16H21NO3. The summed E-state index contributed by atoms with van der Waals surface area (Å²) in [6.07, 6.45) is 3.09. The Morgan fingerprint density at radius 2 is 1.80 bits per heavy atom. The van der Waals surface area contributed by atoms with Crippen molar-refractivity contribution in [1.82, 2.24) is 0 Å². The van der Waals surface area contributed by atoms with Gasteiger partial charge in [-0.2, -0.15) is 0 Å². The van der Waals surface area contributed by atoms with Gasteiger partial charge in [-0.05, 0) is 43.2 Å². The fourth-order valence-corrected chi connectivity index (χ4v) is 2.27. The Labute approximate surface area is 119 Å². The zero-order valence-corrected chi connectivity index (χ0v) is 12.2. The highest BCUT2D eigenvalue weighted by Gasteiger charge is 2.13. The zero-order valence-electron chi connectivity index (χ0n) is 12.2. The van der Waals surface area contributed by atoms with Crippen molar-refractivity contribution in [1.29, 1.82) is 0 Å². The molecule has 0 saturated carbocycles. The summed E-state index contributed by atoms with van der Waals surface area (Å²) >= 11 is 0. The van der Waals surface area contributed by atoms with Crippen molar-refractivity contribution < 1.29 is 13.9 Å². The number of ether oxygens (including phenoxy) is 2. The molecule has 0 aliphatic heterocycles. The third kappa shape index (κ3) is 3.33. The van der Waals surface area contributed by atoms with Gasteiger partial charge >= 0.3 is 0 Å². The van der Waals surface area contributed by atoms with E-state index in [-0.39, 0.29) is 6.04 Å². The van der Waals surface area contributed by atoms with Crippen LogP contribution >= 0.6 is 0 Å². The van der Waals surface area contributed by atoms with Crippen LogP contribution in [0.25, 0.3) is 0 Å². The SMILES string of the molecule is COc1cc(C[C@@H](C)N)c(OC)cc1Cc1ccco1. The average Bonchev–Trinajstić information content (AvgIpc) is 2.92. The van der Waals surface area contributed by atoms with Gasteiger partial charge in [0, 0.05) is 18.0 Å². The first-order valence-electron chi connectivity index (χ1n) is 6.65. The highest BCUT2D eigenvalue weighted by molar-refractivity contribution is 5.48. The number of methoxy groups -OCH3 is 2. The van der Waals surface area contributed by atoms with Crippen LogP contribution in [0, 0.1) is 0 Å². The van der Waals surface area contributed by atoms with Gasteiger partial charge in [0.15, 0.2) is 0 Å². The molecule has 2 N–H and O–H groups in total. The van der Waals surface area contributed by atoms with Crippen molar-refractivity contribution in [3.63, 3.8) is 0 Å². The van der Waals surface area contributed by atoms with E-state index in [1.54, 1.807) is 20.5 Å². The van der Waals surface area contributed by atoms with E-state index in [1.807, 2.05) is 31.2 Å². The number of hydrogen-bond donors (Lipinski definition) is 1. The fourth-order valence-electron chi connectivity index (χ4n) is 2.27. The molecule has 1 aromatic carbocycles. The van der Waals surface area contributed by atoms with Gasteiger partial charge in [0.2, 0.25) is 0 Å². The number of benzene rings is 1. The molecule has 0 saturated heterocycles. The second kappa shape index (κ2) is 6.48. The van der Waals surface area contributed by atoms with E-state index in [0.717, 1.165) is 34.8 Å². The van der Waals surface area contributed by atoms with Gasteiger partial charge in [-0.1, -0.05) is 0 Å². The van der Waals surface area contributed by atoms with Gasteiger partial charge in [0.25, 0.3) is 0 Å². The minimum absolute atomic E-state index is 0.0736. The number of hydrogen-bond acceptors (Lipinski definition) is 4. The number of rotatable bonds is 6. The average molecular weight is 275 g/mol. The van der Waals surface area contributed by atoms with Crippen molar-refractivity contribution in [2.24, 2.45) is 5.73 Å². The Morgan fingerprint density at radius 3 is 2.35 bits per heavy atom. The summed E-state index contributed by atoms with van der Waals surface area (Å²) in [7, 11) is 3.34. The van der Waals surface area contributed by atoms with E-state index in [0.29, 0.717) is 6.42 Å². The molecule has 0 radical (unpaired) electrons. The Kier molecular flexibility index (Phi) is 4.69. The molecule has 2 rings (SSSR count). The minimum Gasteiger partial charge on any atom is -0.496 e. The van der Waals surface area contributed by atoms with E-state index < -0.39 is 0 Å². The maximum absolute atomic E-state index is 5.88. The van der Waals surface area contributed by atoms with Crippen molar-refractivity contribution in [2.75, 3.05) is 14.2 Å². The minimum atomic E-state index is 0.0736. The molecule has 20 heavy (non-hydrogen) atoms. The standard InChI is InChI=1S/C16H21NO3/c1-11(17)7-12-9-16(19-3)13(10-15(12)18-2)8-14-5-4-6-20-14/h4-6,9-11H,7-8,17H2,1-3H3/t11-/m1/s1. The molecular weight excluding hydrogens is 254 g/mol. The molecule has 0 bridgehead atoms. The maximum atomic E-state index is 5.88. The van der Waals surface area contributed by atoms with Crippen LogP contribution in [-0.4, -0.2) is 20.3 Å². The molecule has 4 nitrogen and oxygen atoms in total. The Hall–Kier alpha value is -1.94. The van der Waals surface area contributed by atoms with Crippen molar-refractivity contribution in [3.8, 4) is 11.5 Å². The van der Waals surface area contributed by atoms with E-state index in [9.17, 15) is 0 Å². The summed E-state index contributed by atoms with van der Waals surface area (Å²) in [4.78, 5) is 0. The Bertz CT molecular complexity index is 547. The maximum Gasteiger partial charge on any atom is 0.123 e. The van der Waals surface area contributed by atoms with Crippen molar-refractivity contribution in [3.05, 3.63) is 47.4 Å². The molecule has 0 fully saturated rings. The second-order valence-corrected chi connectivity index (χ2v) is 4.91. The van der Waals surface area contributed by atoms with E-state index in [1.165, 1.54) is 0 Å². The summed E-state index contributed by atoms with van der Waals surface area (Å²) in [6.45, 7) is 1.97. The van der Waals surface area contributed by atoms with E-state index in [2.05, 4.69) is 0 Å². The van der Waals surface area contributed by atoms with Crippen molar-refractivity contribution >= 4 is 0 Å². The molecule has 0 aliphatic carbocycles. The summed E-state index contributed by atoms with van der Waals surface area (Å²) in [5, 5.41) is 0. The van der Waals surface area contributed by atoms with Gasteiger partial charge in [-0.15, -0.1) is 0 Å². The largest absolute Gasteiger partial charge is 0.496 e. The number of nitrogens with two attached hydrogens (primary N) is 1. The highest BCUT2D eigenvalue weighted by atomic mass is 16.5. The predicted molar refractivity (Wildman–Crippen MR) is 78.4 cm³/mol. The molecule has 0 amide bonds. The third-order valence-corrected chi connectivity index (χ3v) is 3.17. The monoisotopic (exact) mass is 275 g/mol. The molecule has 108 valence electrons. The highest BCUT2D eigenvalue weighted by Crippen LogP contribution is 2.31. The Balaban J connectivity index is 2.36. The van der Waals surface area contributed by atoms with Gasteiger partial charge < -0.3 is 19.6 Å². The third-order valence-electron chi connectivity index (χ3n) is 3.17. The van der Waals surface area contributed by atoms with Gasteiger partial charge in [-0.25, -0.2) is 0 Å². The van der Waals surface area contributed by atoms with Crippen LogP contribution in [0.2, 0.25) is 0 Å². The lowest BCUT2D eigenvalue weighted by Crippen LogP contribution is -2.18. The molecule has 0 unspecified atom stereocenters. The van der Waals surface area contributed by atoms with Crippen LogP contribution in [0.5, 0.6) is 11.5 Å². The molecule has 0 aliphatic rings. The molecule has 1 atom stereocenters. The zero-order chi connectivity index (χ0) is 14.5. The summed E-state index contributed by atoms with van der Waals surface area (Å²) in [5.74, 6) is 2.56.